The van der Waals surface area contributed by atoms with Crippen LogP contribution in [0.2, 0.25) is 0 Å². The van der Waals surface area contributed by atoms with Crippen molar-refractivity contribution in [3.05, 3.63) is 29.3 Å². The Balaban J connectivity index is 2.07. The number of piperidine rings is 1. The molecule has 0 spiro atoms. The summed E-state index contributed by atoms with van der Waals surface area (Å²) in [4.78, 5) is 25.9. The second-order valence-corrected chi connectivity index (χ2v) is 5.82. The smallest absolute Gasteiger partial charge is 0.227 e. The lowest BCUT2D eigenvalue weighted by Crippen LogP contribution is -2.40. The highest BCUT2D eigenvalue weighted by molar-refractivity contribution is 5.94. The first-order valence-electron chi connectivity index (χ1n) is 7.70. The molecular formula is C17H24N2O3. The third-order valence-corrected chi connectivity index (χ3v) is 4.33. The number of ether oxygens (including phenoxy) is 1. The van der Waals surface area contributed by atoms with Gasteiger partial charge in [-0.3, -0.25) is 9.59 Å². The van der Waals surface area contributed by atoms with E-state index >= 15 is 0 Å². The molecule has 2 rings (SSSR count). The van der Waals surface area contributed by atoms with Crippen LogP contribution in [0.4, 0.5) is 0 Å². The first-order valence-corrected chi connectivity index (χ1v) is 7.70. The molecule has 1 heterocycles. The molecular weight excluding hydrogens is 280 g/mol. The van der Waals surface area contributed by atoms with Crippen LogP contribution in [0.15, 0.2) is 18.2 Å². The van der Waals surface area contributed by atoms with Gasteiger partial charge in [0.2, 0.25) is 5.91 Å². The van der Waals surface area contributed by atoms with Crippen molar-refractivity contribution in [2.24, 2.45) is 11.7 Å². The number of Topliss-reactive ketones (excluding diaryl/α,β-unsaturated/α-hetero) is 1. The zero-order valence-electron chi connectivity index (χ0n) is 13.3. The molecule has 0 saturated carbocycles. The van der Waals surface area contributed by atoms with Gasteiger partial charge in [0, 0.05) is 24.2 Å². The van der Waals surface area contributed by atoms with Gasteiger partial charge in [-0.15, -0.1) is 0 Å². The van der Waals surface area contributed by atoms with Crippen LogP contribution in [0.1, 0.15) is 35.7 Å². The van der Waals surface area contributed by atoms with Crippen molar-refractivity contribution in [3.8, 4) is 5.75 Å². The van der Waals surface area contributed by atoms with Crippen molar-refractivity contribution in [3.63, 3.8) is 0 Å². The van der Waals surface area contributed by atoms with E-state index in [1.54, 1.807) is 25.3 Å². The zero-order chi connectivity index (χ0) is 16.1. The van der Waals surface area contributed by atoms with E-state index in [4.69, 9.17) is 10.5 Å². The lowest BCUT2D eigenvalue weighted by molar-refractivity contribution is -0.131. The molecule has 0 atom stereocenters. The van der Waals surface area contributed by atoms with Crippen LogP contribution >= 0.6 is 0 Å². The number of nitrogens with zero attached hydrogens (tertiary/aromatic N) is 1. The Labute approximate surface area is 131 Å². The summed E-state index contributed by atoms with van der Waals surface area (Å²) in [7, 11) is 1.57. The van der Waals surface area contributed by atoms with Crippen LogP contribution in [0, 0.1) is 5.92 Å². The van der Waals surface area contributed by atoms with E-state index in [0.717, 1.165) is 31.5 Å². The Hall–Kier alpha value is -1.88. The van der Waals surface area contributed by atoms with Crippen LogP contribution in [-0.2, 0) is 11.2 Å². The number of rotatable bonds is 5. The maximum atomic E-state index is 12.5. The second-order valence-electron chi connectivity index (χ2n) is 5.82. The van der Waals surface area contributed by atoms with Gasteiger partial charge in [0.25, 0.3) is 0 Å². The van der Waals surface area contributed by atoms with Gasteiger partial charge in [-0.1, -0.05) is 0 Å². The molecule has 2 N–H and O–H groups in total. The van der Waals surface area contributed by atoms with E-state index in [-0.39, 0.29) is 18.1 Å². The topological polar surface area (TPSA) is 72.6 Å². The van der Waals surface area contributed by atoms with E-state index < -0.39 is 0 Å². The van der Waals surface area contributed by atoms with E-state index in [2.05, 4.69) is 0 Å². The molecule has 1 amide bonds. The number of ketones is 1. The van der Waals surface area contributed by atoms with E-state index in [1.807, 2.05) is 4.90 Å². The number of benzene rings is 1. The maximum absolute atomic E-state index is 12.5. The molecule has 5 heteroatoms. The average molecular weight is 304 g/mol. The molecule has 1 aromatic carbocycles. The van der Waals surface area contributed by atoms with Crippen LogP contribution in [0.25, 0.3) is 0 Å². The van der Waals surface area contributed by atoms with Crippen LogP contribution in [0.5, 0.6) is 5.75 Å². The third-order valence-electron chi connectivity index (χ3n) is 4.33. The summed E-state index contributed by atoms with van der Waals surface area (Å²) in [5.74, 6) is 1.24. The van der Waals surface area contributed by atoms with Gasteiger partial charge in [-0.05, 0) is 50.4 Å². The number of hydrogen-bond acceptors (Lipinski definition) is 4. The van der Waals surface area contributed by atoms with Crippen molar-refractivity contribution in [2.45, 2.75) is 26.2 Å². The SMILES string of the molecule is COc1ccc(C(C)=O)cc1CC(=O)N1CCC(CN)CC1. The van der Waals surface area contributed by atoms with E-state index in [1.165, 1.54) is 6.92 Å². The predicted molar refractivity (Wildman–Crippen MR) is 85.1 cm³/mol. The quantitative estimate of drug-likeness (QED) is 0.839. The first-order chi connectivity index (χ1) is 10.5. The molecule has 1 saturated heterocycles. The number of amides is 1. The lowest BCUT2D eigenvalue weighted by Gasteiger charge is -2.31. The molecule has 0 aliphatic carbocycles. The highest BCUT2D eigenvalue weighted by atomic mass is 16.5. The van der Waals surface area contributed by atoms with Crippen molar-refractivity contribution >= 4 is 11.7 Å². The highest BCUT2D eigenvalue weighted by Gasteiger charge is 2.23. The molecule has 0 aromatic heterocycles. The summed E-state index contributed by atoms with van der Waals surface area (Å²) >= 11 is 0. The molecule has 1 aromatic rings. The van der Waals surface area contributed by atoms with Crippen LogP contribution in [0.3, 0.4) is 0 Å². The monoisotopic (exact) mass is 304 g/mol. The van der Waals surface area contributed by atoms with E-state index in [9.17, 15) is 9.59 Å². The maximum Gasteiger partial charge on any atom is 0.227 e. The number of likely N-dealkylation sites (tertiary alicyclic amines) is 1. The molecule has 0 radical (unpaired) electrons. The van der Waals surface area contributed by atoms with Crippen LogP contribution < -0.4 is 10.5 Å². The van der Waals surface area contributed by atoms with Gasteiger partial charge in [0.05, 0.1) is 13.5 Å². The highest BCUT2D eigenvalue weighted by Crippen LogP contribution is 2.23. The Bertz CT molecular complexity index is 549. The minimum Gasteiger partial charge on any atom is -0.496 e. The van der Waals surface area contributed by atoms with Gasteiger partial charge in [-0.25, -0.2) is 0 Å². The normalized spacial score (nSPS) is 15.7. The summed E-state index contributed by atoms with van der Waals surface area (Å²) < 4.78 is 5.30. The number of methoxy groups -OCH3 is 1. The zero-order valence-corrected chi connectivity index (χ0v) is 13.3. The number of carbonyl (C=O) groups excluding carboxylic acids is 2. The Morgan fingerprint density at radius 2 is 2.00 bits per heavy atom. The predicted octanol–water partition coefficient (Wildman–Crippen LogP) is 1.64. The number of nitrogens with two attached hydrogens (primary N) is 1. The van der Waals surface area contributed by atoms with Crippen molar-refractivity contribution in [1.82, 2.24) is 4.90 Å². The van der Waals surface area contributed by atoms with Gasteiger partial charge >= 0.3 is 0 Å². The van der Waals surface area contributed by atoms with Crippen molar-refractivity contribution < 1.29 is 14.3 Å². The lowest BCUT2D eigenvalue weighted by atomic mass is 9.96. The largest absolute Gasteiger partial charge is 0.496 e. The summed E-state index contributed by atoms with van der Waals surface area (Å²) in [6.45, 7) is 3.73. The molecule has 1 aliphatic heterocycles. The summed E-state index contributed by atoms with van der Waals surface area (Å²) in [5.41, 5.74) is 7.05. The molecule has 1 aliphatic rings. The average Bonchev–Trinajstić information content (AvgIpc) is 2.54. The molecule has 1 fully saturated rings. The first kappa shape index (κ1) is 16.5. The fraction of sp³-hybridized carbons (Fsp3) is 0.529. The molecule has 5 nitrogen and oxygen atoms in total. The Morgan fingerprint density at radius 1 is 1.32 bits per heavy atom. The molecule has 0 bridgehead atoms. The standard InChI is InChI=1S/C17H24N2O3/c1-12(20)14-3-4-16(22-2)15(9-14)10-17(21)19-7-5-13(11-18)6-8-19/h3-4,9,13H,5-8,10-11,18H2,1-2H3. The van der Waals surface area contributed by atoms with Gasteiger partial charge in [0.15, 0.2) is 5.78 Å². The van der Waals surface area contributed by atoms with Crippen LogP contribution in [-0.4, -0.2) is 43.3 Å². The Kier molecular flexibility index (Phi) is 5.55. The summed E-state index contributed by atoms with van der Waals surface area (Å²) in [6.07, 6.45) is 2.19. The molecule has 0 unspecified atom stereocenters. The summed E-state index contributed by atoms with van der Waals surface area (Å²) in [5, 5.41) is 0. The number of hydrogen-bond donors (Lipinski definition) is 1. The van der Waals surface area contributed by atoms with Gasteiger partial charge < -0.3 is 15.4 Å². The van der Waals surface area contributed by atoms with Gasteiger partial charge in [0.1, 0.15) is 5.75 Å². The number of carbonyl (C=O) groups is 2. The molecule has 22 heavy (non-hydrogen) atoms. The summed E-state index contributed by atoms with van der Waals surface area (Å²) in [6, 6.07) is 5.23. The van der Waals surface area contributed by atoms with Gasteiger partial charge in [-0.2, -0.15) is 0 Å². The fourth-order valence-corrected chi connectivity index (χ4v) is 2.83. The minimum atomic E-state index is -0.0138. The molecule has 120 valence electrons. The second kappa shape index (κ2) is 7.40. The fourth-order valence-electron chi connectivity index (χ4n) is 2.83. The van der Waals surface area contributed by atoms with E-state index in [0.29, 0.717) is 23.8 Å². The minimum absolute atomic E-state index is 0.0138. The van der Waals surface area contributed by atoms with Crippen molar-refractivity contribution in [1.29, 1.82) is 0 Å². The third kappa shape index (κ3) is 3.85. The Morgan fingerprint density at radius 3 is 2.55 bits per heavy atom. The van der Waals surface area contributed by atoms with Crippen molar-refractivity contribution in [2.75, 3.05) is 26.7 Å².